The molecule has 0 saturated carbocycles. The summed E-state index contributed by atoms with van der Waals surface area (Å²) in [4.78, 5) is 0. The van der Waals surface area contributed by atoms with Crippen LogP contribution in [0.3, 0.4) is 0 Å². The molecule has 0 aliphatic rings. The number of para-hydroxylation sites is 1. The van der Waals surface area contributed by atoms with E-state index < -0.39 is 0 Å². The first-order valence-corrected chi connectivity index (χ1v) is 5.79. The molecule has 4 heteroatoms. The summed E-state index contributed by atoms with van der Waals surface area (Å²) in [5.74, 6) is 1.21. The van der Waals surface area contributed by atoms with E-state index in [2.05, 4.69) is 6.07 Å². The molecule has 0 atom stereocenters. The second-order valence-corrected chi connectivity index (χ2v) is 3.97. The van der Waals surface area contributed by atoms with Gasteiger partial charge in [0.15, 0.2) is 0 Å². The first kappa shape index (κ1) is 12.8. The van der Waals surface area contributed by atoms with Gasteiger partial charge in [0, 0.05) is 0 Å². The summed E-state index contributed by atoms with van der Waals surface area (Å²) < 4.78 is 10.7. The van der Waals surface area contributed by atoms with E-state index in [4.69, 9.17) is 20.5 Å². The normalized spacial score (nSPS) is 9.68. The molecular weight excluding hydrogens is 240 g/mol. The maximum Gasteiger partial charge on any atom is 0.141 e. The van der Waals surface area contributed by atoms with E-state index in [0.717, 1.165) is 5.56 Å². The standard InChI is InChI=1S/C15H14N2O2/c1-18-15-7-6-11(8-13(15)17)10-19-14-5-3-2-4-12(14)9-16/h2-8H,10,17H2,1H3. The van der Waals surface area contributed by atoms with Crippen LogP contribution in [0, 0.1) is 11.3 Å². The molecule has 0 aliphatic carbocycles. The number of methoxy groups -OCH3 is 1. The summed E-state index contributed by atoms with van der Waals surface area (Å²) in [6.45, 7) is 0.354. The maximum atomic E-state index is 8.96. The molecule has 0 amide bonds. The lowest BCUT2D eigenvalue weighted by molar-refractivity contribution is 0.305. The van der Waals surface area contributed by atoms with Crippen LogP contribution >= 0.6 is 0 Å². The number of nitriles is 1. The lowest BCUT2D eigenvalue weighted by Gasteiger charge is -2.09. The number of anilines is 1. The molecule has 0 spiro atoms. The number of nitrogen functional groups attached to an aromatic ring is 1. The minimum atomic E-state index is 0.354. The third kappa shape index (κ3) is 2.96. The van der Waals surface area contributed by atoms with E-state index in [-0.39, 0.29) is 0 Å². The average molecular weight is 254 g/mol. The summed E-state index contributed by atoms with van der Waals surface area (Å²) in [6.07, 6.45) is 0. The van der Waals surface area contributed by atoms with Gasteiger partial charge in [-0.1, -0.05) is 18.2 Å². The molecule has 0 saturated heterocycles. The van der Waals surface area contributed by atoms with Crippen molar-refractivity contribution in [2.75, 3.05) is 12.8 Å². The topological polar surface area (TPSA) is 68.3 Å². The van der Waals surface area contributed by atoms with Crippen molar-refractivity contribution >= 4 is 5.69 Å². The molecule has 0 bridgehead atoms. The molecule has 0 aromatic heterocycles. The number of benzene rings is 2. The van der Waals surface area contributed by atoms with E-state index in [0.29, 0.717) is 29.4 Å². The number of hydrogen-bond acceptors (Lipinski definition) is 4. The van der Waals surface area contributed by atoms with Crippen LogP contribution in [0.4, 0.5) is 5.69 Å². The van der Waals surface area contributed by atoms with E-state index in [1.165, 1.54) is 0 Å². The molecule has 2 rings (SSSR count). The monoisotopic (exact) mass is 254 g/mol. The highest BCUT2D eigenvalue weighted by atomic mass is 16.5. The molecule has 0 aliphatic heterocycles. The SMILES string of the molecule is COc1ccc(COc2ccccc2C#N)cc1N. The fourth-order valence-electron chi connectivity index (χ4n) is 1.72. The van der Waals surface area contributed by atoms with Crippen LogP contribution in [-0.2, 0) is 6.61 Å². The van der Waals surface area contributed by atoms with Crippen molar-refractivity contribution in [2.45, 2.75) is 6.61 Å². The smallest absolute Gasteiger partial charge is 0.141 e. The first-order valence-electron chi connectivity index (χ1n) is 5.79. The van der Waals surface area contributed by atoms with Crippen molar-refractivity contribution < 1.29 is 9.47 Å². The van der Waals surface area contributed by atoms with Gasteiger partial charge in [-0.2, -0.15) is 5.26 Å². The Bertz CT molecular complexity index is 618. The Balaban J connectivity index is 2.11. The van der Waals surface area contributed by atoms with Gasteiger partial charge in [0.25, 0.3) is 0 Å². The number of nitrogens with zero attached hydrogens (tertiary/aromatic N) is 1. The average Bonchev–Trinajstić information content (AvgIpc) is 2.45. The molecule has 96 valence electrons. The molecule has 4 nitrogen and oxygen atoms in total. The van der Waals surface area contributed by atoms with Crippen molar-refractivity contribution in [3.8, 4) is 17.6 Å². The summed E-state index contributed by atoms with van der Waals surface area (Å²) >= 11 is 0. The fourth-order valence-corrected chi connectivity index (χ4v) is 1.72. The zero-order chi connectivity index (χ0) is 13.7. The van der Waals surface area contributed by atoms with Gasteiger partial charge in [-0.25, -0.2) is 0 Å². The molecule has 2 aromatic carbocycles. The minimum Gasteiger partial charge on any atom is -0.495 e. The molecule has 0 fully saturated rings. The second-order valence-electron chi connectivity index (χ2n) is 3.97. The van der Waals surface area contributed by atoms with E-state index in [1.807, 2.05) is 12.1 Å². The van der Waals surface area contributed by atoms with E-state index in [1.54, 1.807) is 37.4 Å². The van der Waals surface area contributed by atoms with E-state index >= 15 is 0 Å². The highest BCUT2D eigenvalue weighted by Crippen LogP contribution is 2.23. The van der Waals surface area contributed by atoms with Gasteiger partial charge in [0.1, 0.15) is 24.2 Å². The summed E-state index contributed by atoms with van der Waals surface area (Å²) in [5, 5.41) is 8.96. The fraction of sp³-hybridized carbons (Fsp3) is 0.133. The van der Waals surface area contributed by atoms with Gasteiger partial charge >= 0.3 is 0 Å². The molecule has 2 N–H and O–H groups in total. The molecular formula is C15H14N2O2. The first-order chi connectivity index (χ1) is 9.24. The molecule has 2 aromatic rings. The van der Waals surface area contributed by atoms with Crippen LogP contribution in [0.2, 0.25) is 0 Å². The second kappa shape index (κ2) is 5.78. The van der Waals surface area contributed by atoms with Crippen molar-refractivity contribution in [2.24, 2.45) is 0 Å². The molecule has 0 radical (unpaired) electrons. The van der Waals surface area contributed by atoms with Crippen LogP contribution in [0.1, 0.15) is 11.1 Å². The zero-order valence-electron chi connectivity index (χ0n) is 10.6. The number of rotatable bonds is 4. The van der Waals surface area contributed by atoms with Gasteiger partial charge in [0.05, 0.1) is 18.4 Å². The Morgan fingerprint density at radius 3 is 2.63 bits per heavy atom. The third-order valence-electron chi connectivity index (χ3n) is 2.70. The largest absolute Gasteiger partial charge is 0.495 e. The van der Waals surface area contributed by atoms with Crippen molar-refractivity contribution in [3.05, 3.63) is 53.6 Å². The Labute approximate surface area is 112 Å². The predicted molar refractivity (Wildman–Crippen MR) is 72.9 cm³/mol. The lowest BCUT2D eigenvalue weighted by atomic mass is 10.2. The van der Waals surface area contributed by atoms with E-state index in [9.17, 15) is 0 Å². The third-order valence-corrected chi connectivity index (χ3v) is 2.70. The summed E-state index contributed by atoms with van der Waals surface area (Å²) in [7, 11) is 1.57. The van der Waals surface area contributed by atoms with Crippen LogP contribution < -0.4 is 15.2 Å². The number of ether oxygens (including phenoxy) is 2. The van der Waals surface area contributed by atoms with Crippen LogP contribution in [-0.4, -0.2) is 7.11 Å². The van der Waals surface area contributed by atoms with Crippen molar-refractivity contribution in [1.29, 1.82) is 5.26 Å². The number of hydrogen-bond donors (Lipinski definition) is 1. The van der Waals surface area contributed by atoms with Gasteiger partial charge in [-0.05, 0) is 29.8 Å². The van der Waals surface area contributed by atoms with Crippen LogP contribution in [0.5, 0.6) is 11.5 Å². The van der Waals surface area contributed by atoms with Gasteiger partial charge < -0.3 is 15.2 Å². The summed E-state index contributed by atoms with van der Waals surface area (Å²) in [5.41, 5.74) is 7.83. The number of nitrogens with two attached hydrogens (primary N) is 1. The quantitative estimate of drug-likeness (QED) is 0.852. The highest BCUT2D eigenvalue weighted by molar-refractivity contribution is 5.54. The Kier molecular flexibility index (Phi) is 3.89. The highest BCUT2D eigenvalue weighted by Gasteiger charge is 2.04. The zero-order valence-corrected chi connectivity index (χ0v) is 10.6. The maximum absolute atomic E-state index is 8.96. The predicted octanol–water partition coefficient (Wildman–Crippen LogP) is 2.73. The molecule has 0 heterocycles. The van der Waals surface area contributed by atoms with Gasteiger partial charge in [-0.15, -0.1) is 0 Å². The summed E-state index contributed by atoms with van der Waals surface area (Å²) in [6, 6.07) is 14.7. The Hall–Kier alpha value is -2.67. The Morgan fingerprint density at radius 1 is 1.16 bits per heavy atom. The molecule has 0 unspecified atom stereocenters. The van der Waals surface area contributed by atoms with Gasteiger partial charge in [-0.3, -0.25) is 0 Å². The van der Waals surface area contributed by atoms with Gasteiger partial charge in [0.2, 0.25) is 0 Å². The van der Waals surface area contributed by atoms with Crippen LogP contribution in [0.15, 0.2) is 42.5 Å². The lowest BCUT2D eigenvalue weighted by Crippen LogP contribution is -1.99. The minimum absolute atomic E-state index is 0.354. The molecule has 19 heavy (non-hydrogen) atoms. The Morgan fingerprint density at radius 2 is 1.95 bits per heavy atom. The van der Waals surface area contributed by atoms with Crippen LogP contribution in [0.25, 0.3) is 0 Å². The van der Waals surface area contributed by atoms with Crippen molar-refractivity contribution in [1.82, 2.24) is 0 Å². The van der Waals surface area contributed by atoms with Crippen molar-refractivity contribution in [3.63, 3.8) is 0 Å².